The van der Waals surface area contributed by atoms with Crippen molar-refractivity contribution < 1.29 is 9.90 Å². The van der Waals surface area contributed by atoms with Gasteiger partial charge in [0.2, 0.25) is 0 Å². The first-order valence-corrected chi connectivity index (χ1v) is 6.15. The fourth-order valence-electron chi connectivity index (χ4n) is 1.34. The summed E-state index contributed by atoms with van der Waals surface area (Å²) in [5.74, 6) is 0.207. The molecule has 4 nitrogen and oxygen atoms in total. The van der Waals surface area contributed by atoms with E-state index >= 15 is 0 Å². The molecule has 1 aromatic heterocycles. The normalized spacial score (nSPS) is 12.4. The Balaban J connectivity index is 2.21. The van der Waals surface area contributed by atoms with Gasteiger partial charge in [0.25, 0.3) is 5.91 Å². The van der Waals surface area contributed by atoms with Crippen molar-refractivity contribution in [2.45, 2.75) is 19.8 Å². The minimum atomic E-state index is -0.0950. The topological polar surface area (TPSA) is 65.1 Å². The summed E-state index contributed by atoms with van der Waals surface area (Å²) in [6.07, 6.45) is 3.53. The zero-order valence-electron chi connectivity index (χ0n) is 9.29. The van der Waals surface area contributed by atoms with Crippen molar-refractivity contribution in [2.24, 2.45) is 5.92 Å². The third-order valence-electron chi connectivity index (χ3n) is 2.36. The van der Waals surface area contributed by atoms with Gasteiger partial charge in [-0.25, -0.2) is 0 Å². The molecule has 5 heteroatoms. The highest BCUT2D eigenvalue weighted by Crippen LogP contribution is 2.10. The molecule has 0 aromatic carbocycles. The lowest BCUT2D eigenvalue weighted by Gasteiger charge is -2.07. The van der Waals surface area contributed by atoms with Crippen LogP contribution in [0.5, 0.6) is 0 Å². The first-order valence-electron chi connectivity index (χ1n) is 5.36. The van der Waals surface area contributed by atoms with Crippen LogP contribution in [-0.2, 0) is 0 Å². The van der Waals surface area contributed by atoms with Crippen LogP contribution >= 0.6 is 15.9 Å². The molecule has 0 aliphatic heterocycles. The fourth-order valence-corrected chi connectivity index (χ4v) is 1.68. The second-order valence-corrected chi connectivity index (χ2v) is 4.83. The van der Waals surface area contributed by atoms with Gasteiger partial charge < -0.3 is 15.4 Å². The molecule has 0 aliphatic rings. The maximum Gasteiger partial charge on any atom is 0.267 e. The highest BCUT2D eigenvalue weighted by molar-refractivity contribution is 9.10. The van der Waals surface area contributed by atoms with Gasteiger partial charge in [-0.15, -0.1) is 0 Å². The number of aromatic amines is 1. The molecule has 90 valence electrons. The van der Waals surface area contributed by atoms with Gasteiger partial charge in [-0.3, -0.25) is 4.79 Å². The largest absolute Gasteiger partial charge is 0.396 e. The molecule has 0 spiro atoms. The maximum absolute atomic E-state index is 11.6. The number of hydrogen-bond acceptors (Lipinski definition) is 2. The van der Waals surface area contributed by atoms with E-state index in [-0.39, 0.29) is 12.5 Å². The number of carbonyl (C=O) groups excluding carboxylic acids is 1. The third-order valence-corrected chi connectivity index (χ3v) is 2.82. The van der Waals surface area contributed by atoms with Crippen molar-refractivity contribution in [1.29, 1.82) is 0 Å². The van der Waals surface area contributed by atoms with E-state index in [2.05, 4.69) is 26.2 Å². The molecule has 0 aliphatic carbocycles. The number of nitrogens with one attached hydrogen (secondary N) is 2. The van der Waals surface area contributed by atoms with Crippen LogP contribution < -0.4 is 5.32 Å². The molecule has 0 saturated heterocycles. The summed E-state index contributed by atoms with van der Waals surface area (Å²) in [5.41, 5.74) is 0.557. The summed E-state index contributed by atoms with van der Waals surface area (Å²) in [6.45, 7) is 2.83. The summed E-state index contributed by atoms with van der Waals surface area (Å²) in [7, 11) is 0. The molecular formula is C11H17BrN2O2. The molecule has 1 atom stereocenters. The second kappa shape index (κ2) is 6.70. The monoisotopic (exact) mass is 288 g/mol. The number of aromatic nitrogens is 1. The Labute approximate surface area is 104 Å². The van der Waals surface area contributed by atoms with Gasteiger partial charge >= 0.3 is 0 Å². The van der Waals surface area contributed by atoms with Gasteiger partial charge in [0, 0.05) is 23.8 Å². The van der Waals surface area contributed by atoms with Crippen LogP contribution in [0, 0.1) is 5.92 Å². The summed E-state index contributed by atoms with van der Waals surface area (Å²) in [6, 6.07) is 1.74. The number of hydrogen-bond donors (Lipinski definition) is 3. The highest BCUT2D eigenvalue weighted by Gasteiger charge is 2.07. The Bertz CT molecular complexity index is 338. The van der Waals surface area contributed by atoms with Gasteiger partial charge in [-0.1, -0.05) is 6.92 Å². The molecule has 0 radical (unpaired) electrons. The van der Waals surface area contributed by atoms with E-state index in [0.29, 0.717) is 18.2 Å². The van der Waals surface area contributed by atoms with Gasteiger partial charge in [-0.05, 0) is 40.8 Å². The third kappa shape index (κ3) is 4.37. The lowest BCUT2D eigenvalue weighted by atomic mass is 10.1. The van der Waals surface area contributed by atoms with Crippen molar-refractivity contribution >= 4 is 21.8 Å². The van der Waals surface area contributed by atoms with E-state index < -0.39 is 0 Å². The van der Waals surface area contributed by atoms with Crippen molar-refractivity contribution in [3.63, 3.8) is 0 Å². The van der Waals surface area contributed by atoms with E-state index in [1.54, 1.807) is 12.3 Å². The van der Waals surface area contributed by atoms with E-state index in [1.807, 2.05) is 6.92 Å². The standard InChI is InChI=1S/C11H17BrN2O2/c1-8(7-15)3-2-4-13-11(16)10-5-9(12)6-14-10/h5-6,8,14-15H,2-4,7H2,1H3,(H,13,16). The zero-order valence-corrected chi connectivity index (χ0v) is 10.9. The molecular weight excluding hydrogens is 272 g/mol. The predicted octanol–water partition coefficient (Wildman–Crippen LogP) is 1.92. The Morgan fingerprint density at radius 3 is 3.00 bits per heavy atom. The molecule has 1 rings (SSSR count). The quantitative estimate of drug-likeness (QED) is 0.700. The maximum atomic E-state index is 11.6. The Kier molecular flexibility index (Phi) is 5.55. The second-order valence-electron chi connectivity index (χ2n) is 3.92. The Morgan fingerprint density at radius 1 is 1.69 bits per heavy atom. The van der Waals surface area contributed by atoms with Crippen LogP contribution in [-0.4, -0.2) is 29.1 Å². The van der Waals surface area contributed by atoms with Crippen LogP contribution in [0.4, 0.5) is 0 Å². The van der Waals surface area contributed by atoms with Crippen molar-refractivity contribution in [1.82, 2.24) is 10.3 Å². The first kappa shape index (κ1) is 13.3. The summed E-state index contributed by atoms with van der Waals surface area (Å²) in [4.78, 5) is 14.4. The zero-order chi connectivity index (χ0) is 12.0. The smallest absolute Gasteiger partial charge is 0.267 e. The van der Waals surface area contributed by atoms with E-state index in [1.165, 1.54) is 0 Å². The van der Waals surface area contributed by atoms with Crippen LogP contribution in [0.2, 0.25) is 0 Å². The molecule has 3 N–H and O–H groups in total. The molecule has 0 saturated carbocycles. The van der Waals surface area contributed by atoms with Crippen LogP contribution in [0.15, 0.2) is 16.7 Å². The number of carbonyl (C=O) groups is 1. The number of rotatable bonds is 6. The summed E-state index contributed by atoms with van der Waals surface area (Å²) in [5, 5.41) is 11.6. The van der Waals surface area contributed by atoms with Crippen LogP contribution in [0.1, 0.15) is 30.3 Å². The van der Waals surface area contributed by atoms with E-state index in [0.717, 1.165) is 17.3 Å². The Morgan fingerprint density at radius 2 is 2.44 bits per heavy atom. The minimum absolute atomic E-state index is 0.0950. The molecule has 1 heterocycles. The van der Waals surface area contributed by atoms with Crippen molar-refractivity contribution in [2.75, 3.05) is 13.2 Å². The summed E-state index contributed by atoms with van der Waals surface area (Å²) < 4.78 is 0.867. The van der Waals surface area contributed by atoms with Gasteiger partial charge in [-0.2, -0.15) is 0 Å². The molecule has 16 heavy (non-hydrogen) atoms. The number of aliphatic hydroxyl groups is 1. The minimum Gasteiger partial charge on any atom is -0.396 e. The molecule has 1 unspecified atom stereocenters. The molecule has 0 bridgehead atoms. The average Bonchev–Trinajstić information content (AvgIpc) is 2.70. The molecule has 0 fully saturated rings. The summed E-state index contributed by atoms with van der Waals surface area (Å²) >= 11 is 3.27. The number of amides is 1. The highest BCUT2D eigenvalue weighted by atomic mass is 79.9. The lowest BCUT2D eigenvalue weighted by molar-refractivity contribution is 0.0947. The fraction of sp³-hybridized carbons (Fsp3) is 0.545. The van der Waals surface area contributed by atoms with Crippen molar-refractivity contribution in [3.05, 3.63) is 22.4 Å². The van der Waals surface area contributed by atoms with Crippen LogP contribution in [0.3, 0.4) is 0 Å². The lowest BCUT2D eigenvalue weighted by Crippen LogP contribution is -2.25. The molecule has 1 amide bonds. The first-order chi connectivity index (χ1) is 7.63. The SMILES string of the molecule is CC(CO)CCCNC(=O)c1cc(Br)c[nH]1. The van der Waals surface area contributed by atoms with Crippen LogP contribution in [0.25, 0.3) is 0 Å². The molecule has 1 aromatic rings. The van der Waals surface area contributed by atoms with Gasteiger partial charge in [0.05, 0.1) is 0 Å². The van der Waals surface area contributed by atoms with E-state index in [4.69, 9.17) is 5.11 Å². The van der Waals surface area contributed by atoms with Crippen molar-refractivity contribution in [3.8, 4) is 0 Å². The predicted molar refractivity (Wildman–Crippen MR) is 66.3 cm³/mol. The Hall–Kier alpha value is -0.810. The van der Waals surface area contributed by atoms with Gasteiger partial charge in [0.1, 0.15) is 5.69 Å². The number of aliphatic hydroxyl groups excluding tert-OH is 1. The van der Waals surface area contributed by atoms with E-state index in [9.17, 15) is 4.79 Å². The number of H-pyrrole nitrogens is 1. The van der Waals surface area contributed by atoms with Gasteiger partial charge in [0.15, 0.2) is 0 Å². The number of halogens is 1. The average molecular weight is 289 g/mol.